The number of ether oxygens (including phenoxy) is 2. The molecule has 0 aliphatic heterocycles. The number of amides is 2. The zero-order chi connectivity index (χ0) is 22.9. The van der Waals surface area contributed by atoms with Gasteiger partial charge in [0, 0.05) is 0 Å². The Labute approximate surface area is 176 Å². The number of carbonyl (C=O) groups is 4. The Bertz CT molecular complexity index is 741. The molecule has 2 atom stereocenters. The number of carboxylic acid groups (broad SMARTS) is 1. The molecule has 0 bridgehead atoms. The van der Waals surface area contributed by atoms with E-state index in [0.717, 1.165) is 5.56 Å². The van der Waals surface area contributed by atoms with E-state index in [0.29, 0.717) is 0 Å². The van der Waals surface area contributed by atoms with Crippen LogP contribution in [0.25, 0.3) is 0 Å². The lowest BCUT2D eigenvalue weighted by Crippen LogP contribution is -2.54. The second kappa shape index (κ2) is 11.2. The lowest BCUT2D eigenvalue weighted by Gasteiger charge is -2.24. The molecule has 9 heteroatoms. The van der Waals surface area contributed by atoms with Crippen molar-refractivity contribution in [3.63, 3.8) is 0 Å². The molecule has 0 aromatic heterocycles. The fourth-order valence-electron chi connectivity index (χ4n) is 2.43. The second-order valence-corrected chi connectivity index (χ2v) is 8.12. The van der Waals surface area contributed by atoms with Crippen LogP contribution < -0.4 is 10.6 Å². The van der Waals surface area contributed by atoms with Crippen molar-refractivity contribution < 1.29 is 33.8 Å². The van der Waals surface area contributed by atoms with Crippen LogP contribution in [0.5, 0.6) is 0 Å². The van der Waals surface area contributed by atoms with Gasteiger partial charge in [0.15, 0.2) is 0 Å². The number of alkyl carbamates (subject to hydrolysis) is 1. The Morgan fingerprint density at radius 3 is 2.13 bits per heavy atom. The van der Waals surface area contributed by atoms with E-state index in [1.165, 1.54) is 0 Å². The van der Waals surface area contributed by atoms with Gasteiger partial charge in [-0.05, 0) is 32.3 Å². The molecule has 0 aliphatic rings. The summed E-state index contributed by atoms with van der Waals surface area (Å²) in [5, 5.41) is 13.9. The highest BCUT2D eigenvalue weighted by Crippen LogP contribution is 2.11. The molecule has 3 N–H and O–H groups in total. The maximum absolute atomic E-state index is 12.6. The topological polar surface area (TPSA) is 131 Å². The van der Waals surface area contributed by atoms with E-state index in [1.807, 2.05) is 6.07 Å². The zero-order valence-electron chi connectivity index (χ0n) is 17.9. The molecule has 1 aromatic carbocycles. The van der Waals surface area contributed by atoms with Crippen molar-refractivity contribution in [1.29, 1.82) is 0 Å². The summed E-state index contributed by atoms with van der Waals surface area (Å²) in [5.74, 6) is -3.17. The van der Waals surface area contributed by atoms with Crippen molar-refractivity contribution in [2.75, 3.05) is 0 Å². The van der Waals surface area contributed by atoms with Crippen molar-refractivity contribution >= 4 is 23.9 Å². The van der Waals surface area contributed by atoms with Gasteiger partial charge in [0.1, 0.15) is 24.3 Å². The third-order valence-electron chi connectivity index (χ3n) is 3.84. The summed E-state index contributed by atoms with van der Waals surface area (Å²) < 4.78 is 10.3. The summed E-state index contributed by atoms with van der Waals surface area (Å²) in [6, 6.07) is 6.37. The third-order valence-corrected chi connectivity index (χ3v) is 3.84. The average Bonchev–Trinajstić information content (AvgIpc) is 2.62. The predicted molar refractivity (Wildman–Crippen MR) is 108 cm³/mol. The first-order chi connectivity index (χ1) is 13.9. The Kier molecular flexibility index (Phi) is 9.29. The fourth-order valence-corrected chi connectivity index (χ4v) is 2.43. The first-order valence-electron chi connectivity index (χ1n) is 9.61. The summed E-state index contributed by atoms with van der Waals surface area (Å²) in [4.78, 5) is 48.3. The van der Waals surface area contributed by atoms with Crippen LogP contribution in [0, 0.1) is 5.92 Å². The molecule has 0 saturated carbocycles. The molecule has 2 amide bonds. The highest BCUT2D eigenvalue weighted by Gasteiger charge is 2.31. The van der Waals surface area contributed by atoms with Crippen molar-refractivity contribution in [2.24, 2.45) is 5.92 Å². The van der Waals surface area contributed by atoms with Crippen LogP contribution >= 0.6 is 0 Å². The number of benzene rings is 1. The van der Waals surface area contributed by atoms with E-state index in [9.17, 15) is 24.3 Å². The van der Waals surface area contributed by atoms with Crippen LogP contribution in [0.4, 0.5) is 4.79 Å². The second-order valence-electron chi connectivity index (χ2n) is 8.12. The quantitative estimate of drug-likeness (QED) is 0.520. The standard InChI is InChI=1S/C21H30N2O7/c1-13(2)17(19(26)27)23-18(25)15(11-16(24)30-21(3,4)5)22-20(28)29-12-14-9-7-6-8-10-14/h6-10,13,15,17H,11-12H2,1-5H3,(H,22,28)(H,23,25)(H,26,27). The smallest absolute Gasteiger partial charge is 0.408 e. The van der Waals surface area contributed by atoms with Crippen molar-refractivity contribution in [3.05, 3.63) is 35.9 Å². The summed E-state index contributed by atoms with van der Waals surface area (Å²) in [7, 11) is 0. The molecule has 0 aliphatic carbocycles. The van der Waals surface area contributed by atoms with Crippen LogP contribution in [-0.4, -0.2) is 46.7 Å². The Hall–Kier alpha value is -3.10. The normalized spacial score (nSPS) is 13.1. The van der Waals surface area contributed by atoms with E-state index in [4.69, 9.17) is 9.47 Å². The maximum atomic E-state index is 12.6. The van der Waals surface area contributed by atoms with Crippen LogP contribution in [0.2, 0.25) is 0 Å². The molecular formula is C21H30N2O7. The number of nitrogens with one attached hydrogen (secondary N) is 2. The molecule has 0 spiro atoms. The van der Waals surface area contributed by atoms with Gasteiger partial charge in [-0.25, -0.2) is 9.59 Å². The molecule has 1 rings (SSSR count). The van der Waals surface area contributed by atoms with Crippen molar-refractivity contribution in [1.82, 2.24) is 10.6 Å². The van der Waals surface area contributed by atoms with Gasteiger partial charge in [-0.15, -0.1) is 0 Å². The first-order valence-corrected chi connectivity index (χ1v) is 9.61. The molecular weight excluding hydrogens is 392 g/mol. The SMILES string of the molecule is CC(C)C(NC(=O)C(CC(=O)OC(C)(C)C)NC(=O)OCc1ccccc1)C(=O)O. The van der Waals surface area contributed by atoms with Crippen LogP contribution in [0.15, 0.2) is 30.3 Å². The maximum Gasteiger partial charge on any atom is 0.408 e. The van der Waals surface area contributed by atoms with Gasteiger partial charge in [0.25, 0.3) is 0 Å². The number of esters is 1. The van der Waals surface area contributed by atoms with Gasteiger partial charge in [-0.3, -0.25) is 9.59 Å². The monoisotopic (exact) mass is 422 g/mol. The summed E-state index contributed by atoms with van der Waals surface area (Å²) in [6.45, 7) is 8.23. The average molecular weight is 422 g/mol. The fraction of sp³-hybridized carbons (Fsp3) is 0.524. The lowest BCUT2D eigenvalue weighted by atomic mass is 10.0. The highest BCUT2D eigenvalue weighted by atomic mass is 16.6. The zero-order valence-corrected chi connectivity index (χ0v) is 17.9. The Morgan fingerprint density at radius 1 is 1.03 bits per heavy atom. The van der Waals surface area contributed by atoms with Crippen molar-refractivity contribution in [3.8, 4) is 0 Å². The molecule has 30 heavy (non-hydrogen) atoms. The van der Waals surface area contributed by atoms with Crippen LogP contribution in [0.1, 0.15) is 46.6 Å². The minimum Gasteiger partial charge on any atom is -0.480 e. The van der Waals surface area contributed by atoms with Gasteiger partial charge in [-0.1, -0.05) is 44.2 Å². The van der Waals surface area contributed by atoms with Gasteiger partial charge in [-0.2, -0.15) is 0 Å². The number of rotatable bonds is 9. The summed E-state index contributed by atoms with van der Waals surface area (Å²) in [5.41, 5.74) is -0.0421. The van der Waals surface area contributed by atoms with Gasteiger partial charge in [0.05, 0.1) is 6.42 Å². The third kappa shape index (κ3) is 9.40. The number of carbonyl (C=O) groups excluding carboxylic acids is 3. The van der Waals surface area contributed by atoms with E-state index in [2.05, 4.69) is 10.6 Å². The van der Waals surface area contributed by atoms with Crippen LogP contribution in [0.3, 0.4) is 0 Å². The minimum atomic E-state index is -1.36. The minimum absolute atomic E-state index is 0.0306. The van der Waals surface area contributed by atoms with E-state index in [-0.39, 0.29) is 6.61 Å². The predicted octanol–water partition coefficient (Wildman–Crippen LogP) is 2.24. The van der Waals surface area contributed by atoms with E-state index < -0.39 is 54.0 Å². The van der Waals surface area contributed by atoms with E-state index in [1.54, 1.807) is 58.9 Å². The van der Waals surface area contributed by atoms with Crippen molar-refractivity contribution in [2.45, 2.75) is 65.3 Å². The number of aliphatic carboxylic acids is 1. The van der Waals surface area contributed by atoms with Crippen LogP contribution in [-0.2, 0) is 30.5 Å². The van der Waals surface area contributed by atoms with Gasteiger partial charge < -0.3 is 25.2 Å². The largest absolute Gasteiger partial charge is 0.480 e. The molecule has 0 fully saturated rings. The molecule has 166 valence electrons. The molecule has 9 nitrogen and oxygen atoms in total. The lowest BCUT2D eigenvalue weighted by molar-refractivity contribution is -0.156. The molecule has 0 saturated heterocycles. The van der Waals surface area contributed by atoms with E-state index >= 15 is 0 Å². The summed E-state index contributed by atoms with van der Waals surface area (Å²) >= 11 is 0. The number of carboxylic acids is 1. The van der Waals surface area contributed by atoms with Gasteiger partial charge >= 0.3 is 18.0 Å². The molecule has 0 radical (unpaired) electrons. The highest BCUT2D eigenvalue weighted by molar-refractivity contribution is 5.92. The molecule has 1 aromatic rings. The Morgan fingerprint density at radius 2 is 1.63 bits per heavy atom. The summed E-state index contributed by atoms with van der Waals surface area (Å²) in [6.07, 6.45) is -1.40. The van der Waals surface area contributed by atoms with Gasteiger partial charge in [0.2, 0.25) is 5.91 Å². The Balaban J connectivity index is 2.84. The first kappa shape index (κ1) is 24.9. The molecule has 2 unspecified atom stereocenters. The number of hydrogen-bond acceptors (Lipinski definition) is 6. The molecule has 0 heterocycles. The number of hydrogen-bond donors (Lipinski definition) is 3.